The number of allylic oxidation sites excluding steroid dienone is 1. The molecule has 0 aliphatic heterocycles. The molecule has 0 fully saturated rings. The first-order valence-corrected chi connectivity index (χ1v) is 5.08. The quantitative estimate of drug-likeness (QED) is 0.494. The first-order valence-electron chi connectivity index (χ1n) is 5.08. The van der Waals surface area contributed by atoms with Gasteiger partial charge in [0, 0.05) is 23.1 Å². The number of hydrogen-bond donors (Lipinski definition) is 1. The molecule has 5 heteroatoms. The largest absolute Gasteiger partial charge is 0.478 e. The van der Waals surface area contributed by atoms with Crippen molar-refractivity contribution in [3.8, 4) is 0 Å². The van der Waals surface area contributed by atoms with E-state index in [1.54, 1.807) is 25.1 Å². The predicted octanol–water partition coefficient (Wildman–Crippen LogP) is 2.73. The second-order valence-corrected chi connectivity index (χ2v) is 3.76. The molecule has 0 radical (unpaired) electrons. The van der Waals surface area contributed by atoms with Crippen molar-refractivity contribution in [1.29, 1.82) is 0 Å². The molecular formula is C12H13NO4. The highest BCUT2D eigenvalue weighted by Crippen LogP contribution is 2.27. The molecule has 0 heterocycles. The summed E-state index contributed by atoms with van der Waals surface area (Å²) in [5, 5.41) is 19.6. The van der Waals surface area contributed by atoms with Gasteiger partial charge in [0.2, 0.25) is 0 Å². The molecule has 0 saturated carbocycles. The first-order chi connectivity index (χ1) is 7.93. The van der Waals surface area contributed by atoms with Crippen LogP contribution in [0, 0.1) is 10.1 Å². The number of para-hydroxylation sites is 1. The van der Waals surface area contributed by atoms with Crippen molar-refractivity contribution >= 4 is 11.7 Å². The van der Waals surface area contributed by atoms with E-state index >= 15 is 0 Å². The highest BCUT2D eigenvalue weighted by Gasteiger charge is 2.17. The van der Waals surface area contributed by atoms with Crippen molar-refractivity contribution in [2.45, 2.75) is 19.8 Å². The lowest BCUT2D eigenvalue weighted by atomic mass is 9.97. The maximum atomic E-state index is 10.8. The smallest absolute Gasteiger partial charge is 0.330 e. The molecule has 5 nitrogen and oxygen atoms in total. The average molecular weight is 235 g/mol. The van der Waals surface area contributed by atoms with Crippen LogP contribution in [0.5, 0.6) is 0 Å². The van der Waals surface area contributed by atoms with Crippen molar-refractivity contribution < 1.29 is 14.8 Å². The number of aliphatic carboxylic acids is 1. The number of nitro benzene ring substituents is 1. The van der Waals surface area contributed by atoms with Crippen LogP contribution >= 0.6 is 0 Å². The summed E-state index contributed by atoms with van der Waals surface area (Å²) in [5.74, 6) is -1.33. The first kappa shape index (κ1) is 12.9. The Morgan fingerprint density at radius 3 is 2.59 bits per heavy atom. The van der Waals surface area contributed by atoms with E-state index in [1.807, 2.05) is 0 Å². The third-order valence-electron chi connectivity index (χ3n) is 2.46. The Balaban J connectivity index is 3.13. The summed E-state index contributed by atoms with van der Waals surface area (Å²) in [4.78, 5) is 21.0. The van der Waals surface area contributed by atoms with Gasteiger partial charge < -0.3 is 5.11 Å². The molecule has 0 amide bonds. The lowest BCUT2D eigenvalue weighted by molar-refractivity contribution is -0.385. The van der Waals surface area contributed by atoms with E-state index < -0.39 is 10.9 Å². The molecule has 17 heavy (non-hydrogen) atoms. The number of carbonyl (C=O) groups is 1. The van der Waals surface area contributed by atoms with Gasteiger partial charge in [-0.1, -0.05) is 31.2 Å². The molecule has 1 N–H and O–H groups in total. The Morgan fingerprint density at radius 2 is 2.06 bits per heavy atom. The maximum Gasteiger partial charge on any atom is 0.330 e. The van der Waals surface area contributed by atoms with Gasteiger partial charge in [0.1, 0.15) is 0 Å². The van der Waals surface area contributed by atoms with Gasteiger partial charge in [-0.3, -0.25) is 10.1 Å². The van der Waals surface area contributed by atoms with Crippen molar-refractivity contribution in [1.82, 2.24) is 0 Å². The van der Waals surface area contributed by atoms with E-state index in [0.29, 0.717) is 5.56 Å². The summed E-state index contributed by atoms with van der Waals surface area (Å²) in [6.07, 6.45) is 1.50. The zero-order valence-electron chi connectivity index (χ0n) is 9.58. The molecule has 1 aromatic carbocycles. The van der Waals surface area contributed by atoms with Gasteiger partial charge in [0.05, 0.1) is 4.92 Å². The SMILES string of the molecule is CC(=CC(C)c1ccccc1[N+](=O)[O-])C(=O)O. The molecule has 0 bridgehead atoms. The summed E-state index contributed by atoms with van der Waals surface area (Å²) in [5.41, 5.74) is 0.697. The van der Waals surface area contributed by atoms with Crippen molar-refractivity contribution in [3.05, 3.63) is 51.6 Å². The molecule has 1 atom stereocenters. The number of benzene rings is 1. The van der Waals surface area contributed by atoms with Crippen LogP contribution in [-0.2, 0) is 4.79 Å². The molecule has 1 unspecified atom stereocenters. The summed E-state index contributed by atoms with van der Waals surface area (Å²) < 4.78 is 0. The van der Waals surface area contributed by atoms with Gasteiger partial charge in [-0.2, -0.15) is 0 Å². The molecule has 0 saturated heterocycles. The summed E-state index contributed by atoms with van der Waals surface area (Å²) in [6, 6.07) is 6.33. The van der Waals surface area contributed by atoms with Crippen molar-refractivity contribution in [2.24, 2.45) is 0 Å². The Morgan fingerprint density at radius 1 is 1.47 bits per heavy atom. The summed E-state index contributed by atoms with van der Waals surface area (Å²) in [6.45, 7) is 3.20. The monoisotopic (exact) mass is 235 g/mol. The minimum Gasteiger partial charge on any atom is -0.478 e. The molecule has 1 rings (SSSR count). The van der Waals surface area contributed by atoms with Crippen LogP contribution in [0.3, 0.4) is 0 Å². The zero-order chi connectivity index (χ0) is 13.0. The van der Waals surface area contributed by atoms with Gasteiger partial charge >= 0.3 is 5.97 Å². The third-order valence-corrected chi connectivity index (χ3v) is 2.46. The third kappa shape index (κ3) is 3.14. The highest BCUT2D eigenvalue weighted by molar-refractivity contribution is 5.86. The molecule has 0 aliphatic carbocycles. The number of carboxylic acids is 1. The maximum absolute atomic E-state index is 10.8. The van der Waals surface area contributed by atoms with Crippen LogP contribution in [0.15, 0.2) is 35.9 Å². The topological polar surface area (TPSA) is 80.4 Å². The lowest BCUT2D eigenvalue weighted by Gasteiger charge is -2.08. The summed E-state index contributed by atoms with van der Waals surface area (Å²) in [7, 11) is 0. The second-order valence-electron chi connectivity index (χ2n) is 3.76. The van der Waals surface area contributed by atoms with Crippen molar-refractivity contribution in [2.75, 3.05) is 0 Å². The van der Waals surface area contributed by atoms with Gasteiger partial charge in [0.25, 0.3) is 5.69 Å². The number of nitrogens with zero attached hydrogens (tertiary/aromatic N) is 1. The Bertz CT molecular complexity index is 479. The minimum atomic E-state index is -1.02. The van der Waals surface area contributed by atoms with Crippen LogP contribution < -0.4 is 0 Å². The zero-order valence-corrected chi connectivity index (χ0v) is 9.58. The fourth-order valence-electron chi connectivity index (χ4n) is 1.57. The normalized spacial score (nSPS) is 13.2. The van der Waals surface area contributed by atoms with Gasteiger partial charge in [-0.05, 0) is 6.92 Å². The van der Waals surface area contributed by atoms with E-state index in [4.69, 9.17) is 5.11 Å². The molecule has 0 aromatic heterocycles. The second kappa shape index (κ2) is 5.25. The van der Waals surface area contributed by atoms with Gasteiger partial charge in [-0.25, -0.2) is 4.79 Å². The Hall–Kier alpha value is -2.17. The van der Waals surface area contributed by atoms with Crippen LogP contribution in [0.4, 0.5) is 5.69 Å². The van der Waals surface area contributed by atoms with E-state index in [0.717, 1.165) is 0 Å². The van der Waals surface area contributed by atoms with Crippen LogP contribution in [-0.4, -0.2) is 16.0 Å². The number of rotatable bonds is 4. The van der Waals surface area contributed by atoms with Gasteiger partial charge in [0.15, 0.2) is 0 Å². The number of carboxylic acid groups (broad SMARTS) is 1. The fourth-order valence-corrected chi connectivity index (χ4v) is 1.57. The van der Waals surface area contributed by atoms with E-state index in [9.17, 15) is 14.9 Å². The van der Waals surface area contributed by atoms with E-state index in [-0.39, 0.29) is 17.2 Å². The lowest BCUT2D eigenvalue weighted by Crippen LogP contribution is -2.01. The van der Waals surface area contributed by atoms with Crippen LogP contribution in [0.1, 0.15) is 25.3 Å². The van der Waals surface area contributed by atoms with E-state index in [1.165, 1.54) is 19.1 Å². The Kier molecular flexibility index (Phi) is 3.98. The molecule has 1 aromatic rings. The van der Waals surface area contributed by atoms with Crippen LogP contribution in [0.2, 0.25) is 0 Å². The minimum absolute atomic E-state index is 0.00874. The molecular weight excluding hydrogens is 222 g/mol. The molecule has 90 valence electrons. The standard InChI is InChI=1S/C12H13NO4/c1-8(7-9(2)12(14)15)10-5-3-4-6-11(10)13(16)17/h3-8H,1-2H3,(H,14,15). The number of nitro groups is 1. The molecule has 0 spiro atoms. The number of hydrogen-bond acceptors (Lipinski definition) is 3. The predicted molar refractivity (Wildman–Crippen MR) is 62.9 cm³/mol. The van der Waals surface area contributed by atoms with Crippen molar-refractivity contribution in [3.63, 3.8) is 0 Å². The highest BCUT2D eigenvalue weighted by atomic mass is 16.6. The van der Waals surface area contributed by atoms with E-state index in [2.05, 4.69) is 0 Å². The van der Waals surface area contributed by atoms with Crippen LogP contribution in [0.25, 0.3) is 0 Å². The Labute approximate surface area is 98.5 Å². The van der Waals surface area contributed by atoms with Gasteiger partial charge in [-0.15, -0.1) is 0 Å². The summed E-state index contributed by atoms with van der Waals surface area (Å²) >= 11 is 0. The fraction of sp³-hybridized carbons (Fsp3) is 0.250. The average Bonchev–Trinajstić information content (AvgIpc) is 2.28. The molecule has 0 aliphatic rings.